The van der Waals surface area contributed by atoms with Gasteiger partial charge in [-0.3, -0.25) is 4.98 Å². The van der Waals surface area contributed by atoms with Gasteiger partial charge in [-0.1, -0.05) is 0 Å². The van der Waals surface area contributed by atoms with E-state index in [-0.39, 0.29) is 18.5 Å². The first kappa shape index (κ1) is 8.66. The van der Waals surface area contributed by atoms with E-state index in [1.54, 1.807) is 12.4 Å². The number of nitrogens with zero attached hydrogens (tertiary/aromatic N) is 1. The van der Waals surface area contributed by atoms with E-state index in [4.69, 9.17) is 9.47 Å². The van der Waals surface area contributed by atoms with Gasteiger partial charge in [-0.25, -0.2) is 0 Å². The largest absolute Gasteiger partial charge is 0.343 e. The Morgan fingerprint density at radius 1 is 1.08 bits per heavy atom. The smallest absolute Gasteiger partial charge is 0.184 e. The van der Waals surface area contributed by atoms with Crippen LogP contribution in [-0.2, 0) is 9.47 Å². The molecule has 3 nitrogen and oxygen atoms in total. The predicted octanol–water partition coefficient (Wildman–Crippen LogP) is 1.90. The molecule has 0 radical (unpaired) electrons. The summed E-state index contributed by atoms with van der Waals surface area (Å²) < 4.78 is 11.2. The average Bonchev–Trinajstić information content (AvgIpc) is 2.49. The molecule has 3 heteroatoms. The van der Waals surface area contributed by atoms with E-state index < -0.39 is 0 Å². The van der Waals surface area contributed by atoms with Crippen molar-refractivity contribution in [2.45, 2.75) is 32.3 Å². The molecular formula is C10H13NO2. The molecule has 2 heterocycles. The van der Waals surface area contributed by atoms with Crippen molar-refractivity contribution in [1.82, 2.24) is 4.98 Å². The number of hydrogen-bond donors (Lipinski definition) is 0. The molecule has 1 saturated heterocycles. The molecule has 1 aliphatic heterocycles. The Morgan fingerprint density at radius 2 is 1.62 bits per heavy atom. The number of rotatable bonds is 1. The number of aromatic nitrogens is 1. The maximum atomic E-state index is 5.61. The Kier molecular flexibility index (Phi) is 2.29. The molecule has 2 rings (SSSR count). The first-order valence-electron chi connectivity index (χ1n) is 4.48. The van der Waals surface area contributed by atoms with Gasteiger partial charge in [0.1, 0.15) is 0 Å². The molecule has 1 aromatic rings. The van der Waals surface area contributed by atoms with Gasteiger partial charge < -0.3 is 9.47 Å². The Morgan fingerprint density at radius 3 is 2.15 bits per heavy atom. The predicted molar refractivity (Wildman–Crippen MR) is 48.1 cm³/mol. The molecule has 2 atom stereocenters. The summed E-state index contributed by atoms with van der Waals surface area (Å²) in [6, 6.07) is 3.82. The topological polar surface area (TPSA) is 31.4 Å². The van der Waals surface area contributed by atoms with E-state index in [0.29, 0.717) is 0 Å². The molecule has 0 aliphatic carbocycles. The van der Waals surface area contributed by atoms with Gasteiger partial charge in [0.15, 0.2) is 6.29 Å². The van der Waals surface area contributed by atoms with E-state index in [0.717, 1.165) is 5.56 Å². The molecule has 0 spiro atoms. The molecule has 13 heavy (non-hydrogen) atoms. The van der Waals surface area contributed by atoms with Gasteiger partial charge in [0.25, 0.3) is 0 Å². The first-order valence-corrected chi connectivity index (χ1v) is 4.48. The van der Waals surface area contributed by atoms with Crippen molar-refractivity contribution in [3.8, 4) is 0 Å². The van der Waals surface area contributed by atoms with Crippen LogP contribution in [-0.4, -0.2) is 17.2 Å². The van der Waals surface area contributed by atoms with Crippen LogP contribution in [0, 0.1) is 0 Å². The van der Waals surface area contributed by atoms with Crippen LogP contribution in [0.15, 0.2) is 24.5 Å². The zero-order valence-electron chi connectivity index (χ0n) is 7.81. The van der Waals surface area contributed by atoms with Gasteiger partial charge in [0, 0.05) is 18.0 Å². The zero-order chi connectivity index (χ0) is 9.26. The fourth-order valence-corrected chi connectivity index (χ4v) is 1.32. The highest BCUT2D eigenvalue weighted by molar-refractivity contribution is 5.12. The van der Waals surface area contributed by atoms with E-state index >= 15 is 0 Å². The fourth-order valence-electron chi connectivity index (χ4n) is 1.32. The average molecular weight is 179 g/mol. The van der Waals surface area contributed by atoms with Crippen LogP contribution in [0.1, 0.15) is 25.7 Å². The van der Waals surface area contributed by atoms with Crippen LogP contribution in [0.25, 0.3) is 0 Å². The Hall–Kier alpha value is -0.930. The lowest BCUT2D eigenvalue weighted by atomic mass is 10.3. The van der Waals surface area contributed by atoms with Crippen LogP contribution in [0.5, 0.6) is 0 Å². The van der Waals surface area contributed by atoms with Crippen LogP contribution in [0.4, 0.5) is 0 Å². The summed E-state index contributed by atoms with van der Waals surface area (Å²) in [5.74, 6) is 0. The summed E-state index contributed by atoms with van der Waals surface area (Å²) in [7, 11) is 0. The van der Waals surface area contributed by atoms with E-state index in [9.17, 15) is 0 Å². The van der Waals surface area contributed by atoms with Crippen molar-refractivity contribution < 1.29 is 9.47 Å². The maximum Gasteiger partial charge on any atom is 0.184 e. The lowest BCUT2D eigenvalue weighted by molar-refractivity contribution is -0.0653. The minimum atomic E-state index is -0.215. The zero-order valence-corrected chi connectivity index (χ0v) is 7.81. The van der Waals surface area contributed by atoms with Crippen LogP contribution >= 0.6 is 0 Å². The molecule has 0 bridgehead atoms. The van der Waals surface area contributed by atoms with Gasteiger partial charge in [0.05, 0.1) is 12.2 Å². The quantitative estimate of drug-likeness (QED) is 0.659. The second kappa shape index (κ2) is 3.44. The summed E-state index contributed by atoms with van der Waals surface area (Å²) in [6.45, 7) is 4.04. The van der Waals surface area contributed by atoms with Crippen molar-refractivity contribution in [2.24, 2.45) is 0 Å². The summed E-state index contributed by atoms with van der Waals surface area (Å²) in [6.07, 6.45) is 3.61. The lowest BCUT2D eigenvalue weighted by Gasteiger charge is -2.08. The van der Waals surface area contributed by atoms with Crippen molar-refractivity contribution in [3.05, 3.63) is 30.1 Å². The standard InChI is InChI=1S/C10H13NO2/c1-7-8(2)13-10(12-7)9-3-5-11-6-4-9/h3-8,10H,1-2H3. The third-order valence-electron chi connectivity index (χ3n) is 2.32. The summed E-state index contributed by atoms with van der Waals surface area (Å²) in [4.78, 5) is 3.94. The highest BCUT2D eigenvalue weighted by Gasteiger charge is 2.30. The van der Waals surface area contributed by atoms with Crippen LogP contribution < -0.4 is 0 Å². The van der Waals surface area contributed by atoms with Gasteiger partial charge in [-0.05, 0) is 26.0 Å². The minimum Gasteiger partial charge on any atom is -0.343 e. The van der Waals surface area contributed by atoms with Gasteiger partial charge in [0.2, 0.25) is 0 Å². The molecule has 1 aromatic heterocycles. The van der Waals surface area contributed by atoms with Crippen molar-refractivity contribution in [2.75, 3.05) is 0 Å². The molecule has 0 N–H and O–H groups in total. The number of hydrogen-bond acceptors (Lipinski definition) is 3. The van der Waals surface area contributed by atoms with Gasteiger partial charge in [-0.15, -0.1) is 0 Å². The Bertz CT molecular complexity index is 266. The molecule has 2 unspecified atom stereocenters. The van der Waals surface area contributed by atoms with E-state index in [1.165, 1.54) is 0 Å². The van der Waals surface area contributed by atoms with E-state index in [1.807, 2.05) is 26.0 Å². The van der Waals surface area contributed by atoms with Gasteiger partial charge in [-0.2, -0.15) is 0 Å². The third kappa shape index (κ3) is 1.71. The van der Waals surface area contributed by atoms with E-state index in [2.05, 4.69) is 4.98 Å². The van der Waals surface area contributed by atoms with Crippen molar-refractivity contribution in [3.63, 3.8) is 0 Å². The lowest BCUT2D eigenvalue weighted by Crippen LogP contribution is -2.13. The van der Waals surface area contributed by atoms with Crippen LogP contribution in [0.2, 0.25) is 0 Å². The Labute approximate surface area is 77.7 Å². The third-order valence-corrected chi connectivity index (χ3v) is 2.32. The minimum absolute atomic E-state index is 0.165. The first-order chi connectivity index (χ1) is 6.27. The molecule has 0 saturated carbocycles. The van der Waals surface area contributed by atoms with Gasteiger partial charge >= 0.3 is 0 Å². The number of pyridine rings is 1. The summed E-state index contributed by atoms with van der Waals surface area (Å²) >= 11 is 0. The molecular weight excluding hydrogens is 166 g/mol. The molecule has 0 amide bonds. The van der Waals surface area contributed by atoms with Crippen molar-refractivity contribution in [1.29, 1.82) is 0 Å². The molecule has 1 aliphatic rings. The summed E-state index contributed by atoms with van der Waals surface area (Å²) in [5, 5.41) is 0. The highest BCUT2D eigenvalue weighted by Crippen LogP contribution is 2.30. The second-order valence-electron chi connectivity index (χ2n) is 3.29. The fraction of sp³-hybridized carbons (Fsp3) is 0.500. The van der Waals surface area contributed by atoms with Crippen molar-refractivity contribution >= 4 is 0 Å². The monoisotopic (exact) mass is 179 g/mol. The van der Waals surface area contributed by atoms with Crippen LogP contribution in [0.3, 0.4) is 0 Å². The molecule has 0 aromatic carbocycles. The Balaban J connectivity index is 2.12. The SMILES string of the molecule is CC1OC(c2ccncc2)OC1C. The molecule has 70 valence electrons. The second-order valence-corrected chi connectivity index (χ2v) is 3.29. The normalized spacial score (nSPS) is 33.5. The molecule has 1 fully saturated rings. The number of ether oxygens (including phenoxy) is 2. The maximum absolute atomic E-state index is 5.61. The summed E-state index contributed by atoms with van der Waals surface area (Å²) in [5.41, 5.74) is 1.03. The highest BCUT2D eigenvalue weighted by atomic mass is 16.7.